The first-order valence-corrected chi connectivity index (χ1v) is 2.60. The molecule has 9 heavy (non-hydrogen) atoms. The Kier molecular flexibility index (Phi) is 5.09. The van der Waals surface area contributed by atoms with Gasteiger partial charge in [-0.05, 0) is 0 Å². The summed E-state index contributed by atoms with van der Waals surface area (Å²) in [7, 11) is 0. The third-order valence-corrected chi connectivity index (χ3v) is 0.563. The van der Waals surface area contributed by atoms with Crippen molar-refractivity contribution in [2.24, 2.45) is 11.5 Å². The second-order valence-corrected chi connectivity index (χ2v) is 1.44. The molecule has 0 aliphatic rings. The fourth-order valence-corrected chi connectivity index (χ4v) is 0.253. The van der Waals surface area contributed by atoms with E-state index in [1.54, 1.807) is 0 Å². The molecule has 0 heterocycles. The minimum atomic E-state index is -0.500. The molecule has 5 heteroatoms. The summed E-state index contributed by atoms with van der Waals surface area (Å²) in [6.45, 7) is 0.881. The van der Waals surface area contributed by atoms with Gasteiger partial charge in [-0.25, -0.2) is 5.48 Å². The normalized spacial score (nSPS) is 9.44. The van der Waals surface area contributed by atoms with Gasteiger partial charge >= 0.3 is 0 Å². The molecule has 0 bridgehead atoms. The Hall–Kier alpha value is -0.650. The van der Waals surface area contributed by atoms with Crippen molar-refractivity contribution in [3.8, 4) is 0 Å². The number of nitrogens with one attached hydrogen (secondary N) is 1. The van der Waals surface area contributed by atoms with Crippen LogP contribution in [0.5, 0.6) is 0 Å². The van der Waals surface area contributed by atoms with E-state index in [1.165, 1.54) is 0 Å². The average Bonchev–Trinajstić information content (AvgIpc) is 1.80. The fraction of sp³-hybridized carbons (Fsp3) is 0.750. The third-order valence-electron chi connectivity index (χ3n) is 0.563. The lowest BCUT2D eigenvalue weighted by Crippen LogP contribution is -2.28. The topological polar surface area (TPSA) is 90.4 Å². The van der Waals surface area contributed by atoms with E-state index in [-0.39, 0.29) is 6.61 Å². The Labute approximate surface area is 53.3 Å². The van der Waals surface area contributed by atoms with Gasteiger partial charge in [0.25, 0.3) is 0 Å². The van der Waals surface area contributed by atoms with Crippen molar-refractivity contribution in [2.75, 3.05) is 19.7 Å². The van der Waals surface area contributed by atoms with E-state index in [9.17, 15) is 4.79 Å². The molecule has 0 aliphatic carbocycles. The molecular weight excluding hydrogens is 122 g/mol. The summed E-state index contributed by atoms with van der Waals surface area (Å²) in [5.74, 6) is -0.500. The molecule has 0 atom stereocenters. The first-order chi connectivity index (χ1) is 4.27. The fourth-order valence-electron chi connectivity index (χ4n) is 0.253. The average molecular weight is 133 g/mol. The predicted molar refractivity (Wildman–Crippen MR) is 32.2 cm³/mol. The highest BCUT2D eigenvalue weighted by atomic mass is 16.6. The monoisotopic (exact) mass is 133 g/mol. The standard InChI is InChI=1S/C4H11N3O2/c5-1-2-7-9-3-4(6)8/h7H,1-3,5H2,(H2,6,8). The van der Waals surface area contributed by atoms with Crippen LogP contribution in [0.4, 0.5) is 0 Å². The maximum Gasteiger partial charge on any atom is 0.245 e. The Morgan fingerprint density at radius 2 is 2.33 bits per heavy atom. The number of nitrogens with two attached hydrogens (primary N) is 2. The predicted octanol–water partition coefficient (Wildman–Crippen LogP) is -2.05. The Morgan fingerprint density at radius 1 is 1.67 bits per heavy atom. The molecule has 54 valence electrons. The molecule has 0 rings (SSSR count). The zero-order chi connectivity index (χ0) is 7.11. The number of hydrogen-bond donors (Lipinski definition) is 3. The lowest BCUT2D eigenvalue weighted by atomic mass is 10.7. The SMILES string of the molecule is NCCNOCC(N)=O. The van der Waals surface area contributed by atoms with Crippen LogP contribution in [-0.2, 0) is 9.63 Å². The van der Waals surface area contributed by atoms with Crippen LogP contribution < -0.4 is 16.9 Å². The number of hydrogen-bond acceptors (Lipinski definition) is 4. The van der Waals surface area contributed by atoms with Crippen LogP contribution in [0, 0.1) is 0 Å². The largest absolute Gasteiger partial charge is 0.368 e. The molecule has 0 saturated carbocycles. The summed E-state index contributed by atoms with van der Waals surface area (Å²) in [6, 6.07) is 0. The molecule has 0 radical (unpaired) electrons. The van der Waals surface area contributed by atoms with Crippen molar-refractivity contribution in [3.63, 3.8) is 0 Å². The third kappa shape index (κ3) is 7.35. The quantitative estimate of drug-likeness (QED) is 0.297. The molecular formula is C4H11N3O2. The summed E-state index contributed by atoms with van der Waals surface area (Å²) < 4.78 is 0. The maximum absolute atomic E-state index is 9.99. The van der Waals surface area contributed by atoms with Crippen LogP contribution in [0.15, 0.2) is 0 Å². The van der Waals surface area contributed by atoms with Gasteiger partial charge in [0.15, 0.2) is 0 Å². The summed E-state index contributed by atoms with van der Waals surface area (Å²) in [4.78, 5) is 14.5. The number of carbonyl (C=O) groups excluding carboxylic acids is 1. The molecule has 0 unspecified atom stereocenters. The van der Waals surface area contributed by atoms with Crippen LogP contribution in [0.1, 0.15) is 0 Å². The minimum absolute atomic E-state index is 0.111. The molecule has 0 saturated heterocycles. The van der Waals surface area contributed by atoms with Gasteiger partial charge in [-0.1, -0.05) is 0 Å². The number of hydroxylamine groups is 1. The molecule has 0 aromatic rings. The molecule has 0 aromatic heterocycles. The van der Waals surface area contributed by atoms with E-state index in [2.05, 4.69) is 10.3 Å². The molecule has 0 fully saturated rings. The van der Waals surface area contributed by atoms with Crippen LogP contribution >= 0.6 is 0 Å². The van der Waals surface area contributed by atoms with Crippen molar-refractivity contribution in [1.82, 2.24) is 5.48 Å². The number of rotatable bonds is 5. The lowest BCUT2D eigenvalue weighted by Gasteiger charge is -1.99. The zero-order valence-corrected chi connectivity index (χ0v) is 5.09. The van der Waals surface area contributed by atoms with Crippen LogP contribution in [0.25, 0.3) is 0 Å². The van der Waals surface area contributed by atoms with Gasteiger partial charge in [0.1, 0.15) is 6.61 Å². The Morgan fingerprint density at radius 3 is 2.78 bits per heavy atom. The zero-order valence-electron chi connectivity index (χ0n) is 5.09. The number of amides is 1. The highest BCUT2D eigenvalue weighted by molar-refractivity contribution is 5.74. The first kappa shape index (κ1) is 8.35. The van der Waals surface area contributed by atoms with Gasteiger partial charge in [0.05, 0.1) is 0 Å². The van der Waals surface area contributed by atoms with Crippen LogP contribution in [-0.4, -0.2) is 25.6 Å². The summed E-state index contributed by atoms with van der Waals surface area (Å²) >= 11 is 0. The summed E-state index contributed by atoms with van der Waals surface area (Å²) in [6.07, 6.45) is 0. The molecule has 0 aromatic carbocycles. The van der Waals surface area contributed by atoms with Gasteiger partial charge < -0.3 is 11.5 Å². The van der Waals surface area contributed by atoms with Gasteiger partial charge in [-0.2, -0.15) is 0 Å². The molecule has 0 aliphatic heterocycles. The van der Waals surface area contributed by atoms with Crippen molar-refractivity contribution in [1.29, 1.82) is 0 Å². The van der Waals surface area contributed by atoms with Gasteiger partial charge in [-0.3, -0.25) is 9.63 Å². The number of primary amides is 1. The Bertz CT molecular complexity index is 85.9. The molecule has 0 spiro atoms. The molecule has 1 amide bonds. The van der Waals surface area contributed by atoms with E-state index in [0.717, 1.165) is 0 Å². The second-order valence-electron chi connectivity index (χ2n) is 1.44. The van der Waals surface area contributed by atoms with Crippen molar-refractivity contribution >= 4 is 5.91 Å². The van der Waals surface area contributed by atoms with Crippen LogP contribution in [0.3, 0.4) is 0 Å². The van der Waals surface area contributed by atoms with Crippen LogP contribution in [0.2, 0.25) is 0 Å². The number of carbonyl (C=O) groups is 1. The van der Waals surface area contributed by atoms with Gasteiger partial charge in [0, 0.05) is 13.1 Å². The van der Waals surface area contributed by atoms with Gasteiger partial charge in [0.2, 0.25) is 5.91 Å². The summed E-state index contributed by atoms with van der Waals surface area (Å²) in [5, 5.41) is 0. The second kappa shape index (κ2) is 5.49. The highest BCUT2D eigenvalue weighted by Crippen LogP contribution is 1.62. The summed E-state index contributed by atoms with van der Waals surface area (Å²) in [5.41, 5.74) is 12.3. The molecule has 5 nitrogen and oxygen atoms in total. The smallest absolute Gasteiger partial charge is 0.245 e. The lowest BCUT2D eigenvalue weighted by molar-refractivity contribution is -0.125. The van der Waals surface area contributed by atoms with Gasteiger partial charge in [-0.15, -0.1) is 0 Å². The van der Waals surface area contributed by atoms with E-state index in [1.807, 2.05) is 0 Å². The highest BCUT2D eigenvalue weighted by Gasteiger charge is 1.90. The maximum atomic E-state index is 9.99. The van der Waals surface area contributed by atoms with Crippen molar-refractivity contribution in [2.45, 2.75) is 0 Å². The van der Waals surface area contributed by atoms with Crippen molar-refractivity contribution in [3.05, 3.63) is 0 Å². The first-order valence-electron chi connectivity index (χ1n) is 2.60. The van der Waals surface area contributed by atoms with E-state index in [4.69, 9.17) is 11.5 Å². The van der Waals surface area contributed by atoms with E-state index < -0.39 is 5.91 Å². The minimum Gasteiger partial charge on any atom is -0.368 e. The Balaban J connectivity index is 2.83. The van der Waals surface area contributed by atoms with Crippen molar-refractivity contribution < 1.29 is 9.63 Å². The van der Waals surface area contributed by atoms with E-state index >= 15 is 0 Å². The van der Waals surface area contributed by atoms with E-state index in [0.29, 0.717) is 13.1 Å². The molecule has 5 N–H and O–H groups in total.